The van der Waals surface area contributed by atoms with Crippen molar-refractivity contribution in [2.45, 2.75) is 26.4 Å². The minimum Gasteiger partial charge on any atom is -0.497 e. The molecule has 0 bridgehead atoms. The Balaban J connectivity index is 1.97. The lowest BCUT2D eigenvalue weighted by Gasteiger charge is -2.37. The first-order chi connectivity index (χ1) is 9.63. The molecule has 1 saturated heterocycles. The topological polar surface area (TPSA) is 24.9 Å². The van der Waals surface area contributed by atoms with Crippen molar-refractivity contribution in [3.05, 3.63) is 23.8 Å². The van der Waals surface area contributed by atoms with Gasteiger partial charge < -0.3 is 9.47 Å². The van der Waals surface area contributed by atoms with E-state index < -0.39 is 0 Å². The van der Waals surface area contributed by atoms with Crippen LogP contribution in [0.2, 0.25) is 0 Å². The minimum absolute atomic E-state index is 0.646. The quantitative estimate of drug-likeness (QED) is 0.824. The number of hydrogen-bond donors (Lipinski definition) is 0. The molecular formula is C16H26N2O2. The summed E-state index contributed by atoms with van der Waals surface area (Å²) in [4.78, 5) is 5.02. The lowest BCUT2D eigenvalue weighted by atomic mass is 10.1. The molecule has 1 aliphatic heterocycles. The maximum atomic E-state index is 5.47. The van der Waals surface area contributed by atoms with Crippen molar-refractivity contribution in [2.24, 2.45) is 0 Å². The summed E-state index contributed by atoms with van der Waals surface area (Å²) >= 11 is 0. The second-order valence-electron chi connectivity index (χ2n) is 5.58. The number of rotatable bonds is 5. The van der Waals surface area contributed by atoms with Crippen molar-refractivity contribution in [1.82, 2.24) is 9.80 Å². The van der Waals surface area contributed by atoms with Gasteiger partial charge in [-0.2, -0.15) is 0 Å². The summed E-state index contributed by atoms with van der Waals surface area (Å²) in [6.45, 7) is 10.0. The van der Waals surface area contributed by atoms with Crippen LogP contribution in [0.15, 0.2) is 18.2 Å². The standard InChI is InChI=1S/C16H26N2O2/c1-13(2)18-9-7-17(8-10-18)12-14-5-6-15(19-3)11-16(14)20-4/h5-6,11,13H,7-10,12H2,1-4H3. The van der Waals surface area contributed by atoms with Gasteiger partial charge in [0.05, 0.1) is 14.2 Å². The van der Waals surface area contributed by atoms with Gasteiger partial charge in [-0.3, -0.25) is 9.80 Å². The maximum Gasteiger partial charge on any atom is 0.127 e. The Kier molecular flexibility index (Phi) is 5.26. The van der Waals surface area contributed by atoms with Crippen LogP contribution >= 0.6 is 0 Å². The van der Waals surface area contributed by atoms with Crippen molar-refractivity contribution in [1.29, 1.82) is 0 Å². The van der Waals surface area contributed by atoms with Crippen LogP contribution in [0.25, 0.3) is 0 Å². The highest BCUT2D eigenvalue weighted by Gasteiger charge is 2.19. The zero-order valence-corrected chi connectivity index (χ0v) is 13.1. The molecule has 0 unspecified atom stereocenters. The molecule has 1 aromatic carbocycles. The average molecular weight is 278 g/mol. The lowest BCUT2D eigenvalue weighted by molar-refractivity contribution is 0.103. The molecule has 1 aromatic rings. The van der Waals surface area contributed by atoms with Gasteiger partial charge in [0.2, 0.25) is 0 Å². The fourth-order valence-electron chi connectivity index (χ4n) is 2.66. The monoisotopic (exact) mass is 278 g/mol. The first-order valence-electron chi connectivity index (χ1n) is 7.31. The zero-order chi connectivity index (χ0) is 14.5. The predicted molar refractivity (Wildman–Crippen MR) is 81.5 cm³/mol. The number of hydrogen-bond acceptors (Lipinski definition) is 4. The molecule has 0 aliphatic carbocycles. The van der Waals surface area contributed by atoms with Gasteiger partial charge in [0, 0.05) is 50.4 Å². The summed E-state index contributed by atoms with van der Waals surface area (Å²) in [5, 5.41) is 0. The molecule has 0 radical (unpaired) electrons. The summed E-state index contributed by atoms with van der Waals surface area (Å²) in [7, 11) is 3.40. The second-order valence-corrected chi connectivity index (χ2v) is 5.58. The van der Waals surface area contributed by atoms with E-state index in [1.807, 2.05) is 12.1 Å². The van der Waals surface area contributed by atoms with Crippen LogP contribution in [-0.2, 0) is 6.54 Å². The number of piperazine rings is 1. The van der Waals surface area contributed by atoms with Crippen LogP contribution in [-0.4, -0.2) is 56.2 Å². The van der Waals surface area contributed by atoms with Gasteiger partial charge >= 0.3 is 0 Å². The first-order valence-corrected chi connectivity index (χ1v) is 7.31. The fourth-order valence-corrected chi connectivity index (χ4v) is 2.66. The van der Waals surface area contributed by atoms with Crippen molar-refractivity contribution in [3.8, 4) is 11.5 Å². The van der Waals surface area contributed by atoms with E-state index in [0.29, 0.717) is 6.04 Å². The molecule has 0 aromatic heterocycles. The zero-order valence-electron chi connectivity index (χ0n) is 13.1. The molecule has 4 heteroatoms. The van der Waals surface area contributed by atoms with Crippen LogP contribution in [0.3, 0.4) is 0 Å². The third-order valence-electron chi connectivity index (χ3n) is 4.03. The molecule has 0 atom stereocenters. The Bertz CT molecular complexity index is 426. The Morgan fingerprint density at radius 2 is 1.75 bits per heavy atom. The molecule has 0 amide bonds. The summed E-state index contributed by atoms with van der Waals surface area (Å²) in [5.41, 5.74) is 1.23. The highest BCUT2D eigenvalue weighted by molar-refractivity contribution is 5.40. The summed E-state index contributed by atoms with van der Waals surface area (Å²) < 4.78 is 10.7. The first kappa shape index (κ1) is 15.1. The molecule has 0 saturated carbocycles. The van der Waals surface area contributed by atoms with Gasteiger partial charge in [0.1, 0.15) is 11.5 Å². The van der Waals surface area contributed by atoms with Crippen LogP contribution in [0.1, 0.15) is 19.4 Å². The lowest BCUT2D eigenvalue weighted by Crippen LogP contribution is -2.48. The Labute approximate surface area is 122 Å². The molecule has 0 spiro atoms. The molecule has 4 nitrogen and oxygen atoms in total. The molecule has 2 rings (SSSR count). The maximum absolute atomic E-state index is 5.47. The summed E-state index contributed by atoms with van der Waals surface area (Å²) in [6.07, 6.45) is 0. The van der Waals surface area contributed by atoms with E-state index in [1.54, 1.807) is 14.2 Å². The highest BCUT2D eigenvalue weighted by atomic mass is 16.5. The molecule has 1 fully saturated rings. The second kappa shape index (κ2) is 6.95. The van der Waals surface area contributed by atoms with E-state index in [-0.39, 0.29) is 0 Å². The van der Waals surface area contributed by atoms with Gasteiger partial charge in [-0.25, -0.2) is 0 Å². The summed E-state index contributed by atoms with van der Waals surface area (Å²) in [5.74, 6) is 1.76. The molecule has 112 valence electrons. The highest BCUT2D eigenvalue weighted by Crippen LogP contribution is 2.26. The molecule has 1 aliphatic rings. The van der Waals surface area contributed by atoms with Crippen LogP contribution in [0.4, 0.5) is 0 Å². The van der Waals surface area contributed by atoms with E-state index in [4.69, 9.17) is 9.47 Å². The Morgan fingerprint density at radius 1 is 1.05 bits per heavy atom. The number of ether oxygens (including phenoxy) is 2. The fraction of sp³-hybridized carbons (Fsp3) is 0.625. The number of methoxy groups -OCH3 is 2. The van der Waals surface area contributed by atoms with E-state index in [1.165, 1.54) is 5.56 Å². The molecular weight excluding hydrogens is 252 g/mol. The third kappa shape index (κ3) is 3.64. The van der Waals surface area contributed by atoms with Crippen molar-refractivity contribution >= 4 is 0 Å². The van der Waals surface area contributed by atoms with E-state index in [0.717, 1.165) is 44.2 Å². The molecule has 1 heterocycles. The van der Waals surface area contributed by atoms with E-state index in [2.05, 4.69) is 29.7 Å². The van der Waals surface area contributed by atoms with E-state index >= 15 is 0 Å². The van der Waals surface area contributed by atoms with Gasteiger partial charge in [0.15, 0.2) is 0 Å². The Hall–Kier alpha value is -1.26. The Morgan fingerprint density at radius 3 is 2.30 bits per heavy atom. The van der Waals surface area contributed by atoms with Gasteiger partial charge in [-0.15, -0.1) is 0 Å². The molecule has 0 N–H and O–H groups in total. The minimum atomic E-state index is 0.646. The average Bonchev–Trinajstić information content (AvgIpc) is 2.48. The smallest absolute Gasteiger partial charge is 0.127 e. The largest absolute Gasteiger partial charge is 0.497 e. The predicted octanol–water partition coefficient (Wildman–Crippen LogP) is 2.23. The van der Waals surface area contributed by atoms with Gasteiger partial charge in [0.25, 0.3) is 0 Å². The van der Waals surface area contributed by atoms with Crippen molar-refractivity contribution < 1.29 is 9.47 Å². The normalized spacial score (nSPS) is 17.4. The van der Waals surface area contributed by atoms with Gasteiger partial charge in [-0.1, -0.05) is 6.07 Å². The molecule has 20 heavy (non-hydrogen) atoms. The van der Waals surface area contributed by atoms with Crippen LogP contribution in [0, 0.1) is 0 Å². The van der Waals surface area contributed by atoms with Gasteiger partial charge in [-0.05, 0) is 19.9 Å². The number of benzene rings is 1. The third-order valence-corrected chi connectivity index (χ3v) is 4.03. The van der Waals surface area contributed by atoms with E-state index in [9.17, 15) is 0 Å². The number of nitrogens with zero attached hydrogens (tertiary/aromatic N) is 2. The van der Waals surface area contributed by atoms with Crippen LogP contribution in [0.5, 0.6) is 11.5 Å². The summed E-state index contributed by atoms with van der Waals surface area (Å²) in [6, 6.07) is 6.71. The van der Waals surface area contributed by atoms with Crippen molar-refractivity contribution in [2.75, 3.05) is 40.4 Å². The van der Waals surface area contributed by atoms with Crippen LogP contribution < -0.4 is 9.47 Å². The van der Waals surface area contributed by atoms with Crippen molar-refractivity contribution in [3.63, 3.8) is 0 Å². The SMILES string of the molecule is COc1ccc(CN2CCN(C(C)C)CC2)c(OC)c1.